The molecule has 43 heavy (non-hydrogen) atoms. The number of pyridine rings is 1. The maximum absolute atomic E-state index is 15.0. The molecule has 0 bridgehead atoms. The first-order valence-electron chi connectivity index (χ1n) is 12.7. The highest BCUT2D eigenvalue weighted by molar-refractivity contribution is 7.92. The Balaban J connectivity index is 1.75. The van der Waals surface area contributed by atoms with Gasteiger partial charge in [-0.15, -0.1) is 0 Å². The van der Waals surface area contributed by atoms with Crippen LogP contribution in [0.5, 0.6) is 0 Å². The quantitative estimate of drug-likeness (QED) is 0.220. The molecule has 0 saturated carbocycles. The lowest BCUT2D eigenvalue weighted by molar-refractivity contribution is 0.0972. The second-order valence-corrected chi connectivity index (χ2v) is 13.6. The number of hydrogen-bond donors (Lipinski definition) is 3. The van der Waals surface area contributed by atoms with E-state index in [9.17, 15) is 26.4 Å². The van der Waals surface area contributed by atoms with Crippen LogP contribution in [0.1, 0.15) is 29.0 Å². The summed E-state index contributed by atoms with van der Waals surface area (Å²) in [5.74, 6) is -1.67. The summed E-state index contributed by atoms with van der Waals surface area (Å²) in [5, 5.41) is 0.640. The van der Waals surface area contributed by atoms with Gasteiger partial charge in [-0.1, -0.05) is 35.9 Å². The molecule has 1 unspecified atom stereocenters. The van der Waals surface area contributed by atoms with Crippen molar-refractivity contribution >= 4 is 54.1 Å². The van der Waals surface area contributed by atoms with E-state index < -0.39 is 48.3 Å². The zero-order chi connectivity index (χ0) is 31.1. The van der Waals surface area contributed by atoms with E-state index in [-0.39, 0.29) is 33.1 Å². The number of anilines is 1. The minimum Gasteiger partial charge on any atom is -0.329 e. The Labute approximate surface area is 251 Å². The number of amides is 1. The first-order valence-corrected chi connectivity index (χ1v) is 16.4. The number of halogens is 2. The van der Waals surface area contributed by atoms with E-state index >= 15 is 4.39 Å². The summed E-state index contributed by atoms with van der Waals surface area (Å²) >= 11 is 6.33. The monoisotopic (exact) mass is 642 g/mol. The molecule has 5 rings (SSSR count). The van der Waals surface area contributed by atoms with Crippen LogP contribution in [0.2, 0.25) is 5.02 Å². The molecule has 5 aromatic rings. The summed E-state index contributed by atoms with van der Waals surface area (Å²) < 4.78 is 71.0. The molecule has 222 valence electrons. The number of sulfonamides is 2. The van der Waals surface area contributed by atoms with Gasteiger partial charge in [-0.3, -0.25) is 14.3 Å². The van der Waals surface area contributed by atoms with Crippen LogP contribution < -0.4 is 15.0 Å². The Morgan fingerprint density at radius 1 is 0.977 bits per heavy atom. The molecule has 0 aliphatic rings. The van der Waals surface area contributed by atoms with Gasteiger partial charge in [0.05, 0.1) is 17.2 Å². The molecule has 0 saturated heterocycles. The third-order valence-corrected chi connectivity index (χ3v) is 8.86. The molecule has 0 radical (unpaired) electrons. The van der Waals surface area contributed by atoms with Gasteiger partial charge >= 0.3 is 0 Å². The zero-order valence-corrected chi connectivity index (χ0v) is 25.0. The summed E-state index contributed by atoms with van der Waals surface area (Å²) in [6, 6.07) is 17.7. The van der Waals surface area contributed by atoms with Gasteiger partial charge in [0.1, 0.15) is 11.5 Å². The molecule has 0 fully saturated rings. The van der Waals surface area contributed by atoms with E-state index in [1.165, 1.54) is 59.3 Å². The van der Waals surface area contributed by atoms with Gasteiger partial charge in [0.2, 0.25) is 10.0 Å². The Hall–Kier alpha value is -4.46. The van der Waals surface area contributed by atoms with Crippen molar-refractivity contribution in [2.45, 2.75) is 17.9 Å². The second-order valence-electron chi connectivity index (χ2n) is 9.70. The smallest absolute Gasteiger partial charge is 0.282 e. The lowest BCUT2D eigenvalue weighted by Crippen LogP contribution is -2.33. The number of nitrogens with zero attached hydrogens (tertiary/aromatic N) is 1. The molecular weight excluding hydrogens is 619 g/mol. The van der Waals surface area contributed by atoms with Gasteiger partial charge in [-0.25, -0.2) is 25.9 Å². The largest absolute Gasteiger partial charge is 0.329 e. The second kappa shape index (κ2) is 11.3. The van der Waals surface area contributed by atoms with Crippen molar-refractivity contribution in [2.24, 2.45) is 0 Å². The average Bonchev–Trinajstić information content (AvgIpc) is 3.26. The minimum atomic E-state index is -4.59. The van der Waals surface area contributed by atoms with Crippen LogP contribution >= 0.6 is 11.6 Å². The number of fused-ring (bicyclic) bond motifs is 1. The number of nitrogens with one attached hydrogen (secondary N) is 3. The van der Waals surface area contributed by atoms with Crippen molar-refractivity contribution in [3.63, 3.8) is 0 Å². The van der Waals surface area contributed by atoms with Crippen LogP contribution in [0.4, 0.5) is 10.1 Å². The lowest BCUT2D eigenvalue weighted by Gasteiger charge is -2.20. The molecule has 1 atom stereocenters. The first kappa shape index (κ1) is 30.0. The van der Waals surface area contributed by atoms with E-state index in [4.69, 9.17) is 11.6 Å². The Kier molecular flexibility index (Phi) is 7.90. The lowest BCUT2D eigenvalue weighted by atomic mass is 10.0. The van der Waals surface area contributed by atoms with E-state index in [1.807, 2.05) is 4.72 Å². The van der Waals surface area contributed by atoms with Gasteiger partial charge in [0.15, 0.2) is 0 Å². The predicted octanol–water partition coefficient (Wildman–Crippen LogP) is 4.89. The molecule has 2 aromatic heterocycles. The highest BCUT2D eigenvalue weighted by Gasteiger charge is 2.31. The molecular formula is C29H24ClFN4O6S2. The van der Waals surface area contributed by atoms with E-state index in [0.717, 1.165) is 12.3 Å². The minimum absolute atomic E-state index is 0.0359. The molecule has 2 heterocycles. The molecule has 0 spiro atoms. The Morgan fingerprint density at radius 2 is 1.72 bits per heavy atom. The van der Waals surface area contributed by atoms with Crippen molar-refractivity contribution in [3.05, 3.63) is 118 Å². The number of carbonyl (C=O) groups excluding carboxylic acids is 1. The van der Waals surface area contributed by atoms with Gasteiger partial charge in [0, 0.05) is 44.5 Å². The molecule has 3 N–H and O–H groups in total. The van der Waals surface area contributed by atoms with Crippen LogP contribution in [0, 0.1) is 5.82 Å². The number of carbonyl (C=O) groups is 1. The average molecular weight is 643 g/mol. The van der Waals surface area contributed by atoms with Crippen molar-refractivity contribution in [2.75, 3.05) is 11.0 Å². The van der Waals surface area contributed by atoms with Gasteiger partial charge in [0.25, 0.3) is 21.5 Å². The predicted molar refractivity (Wildman–Crippen MR) is 163 cm³/mol. The van der Waals surface area contributed by atoms with Gasteiger partial charge in [-0.2, -0.15) is 0 Å². The third-order valence-electron chi connectivity index (χ3n) is 6.69. The number of aromatic nitrogens is 2. The Morgan fingerprint density at radius 3 is 2.42 bits per heavy atom. The van der Waals surface area contributed by atoms with Crippen molar-refractivity contribution in [1.82, 2.24) is 14.3 Å². The molecule has 1 amide bonds. The van der Waals surface area contributed by atoms with E-state index in [2.05, 4.69) is 9.71 Å². The fourth-order valence-corrected chi connectivity index (χ4v) is 6.65. The number of H-pyrrole nitrogens is 1. The van der Waals surface area contributed by atoms with Crippen molar-refractivity contribution in [3.8, 4) is 11.1 Å². The highest BCUT2D eigenvalue weighted by atomic mass is 35.5. The highest BCUT2D eigenvalue weighted by Crippen LogP contribution is 2.39. The number of rotatable bonds is 8. The third kappa shape index (κ3) is 6.05. The van der Waals surface area contributed by atoms with Crippen LogP contribution in [0.15, 0.2) is 94.7 Å². The maximum atomic E-state index is 15.0. The molecule has 14 heteroatoms. The van der Waals surface area contributed by atoms with Gasteiger partial charge < -0.3 is 9.55 Å². The SMILES string of the molecule is CC(c1ccccc1F)n1c(C(=O)NS(=O)(=O)c2cccc(NS(C)(=O)=O)c2)c(-c2ccc[nH]c2=O)c2cc(Cl)ccc21. The summed E-state index contributed by atoms with van der Waals surface area (Å²) in [5.41, 5.74) is -0.0972. The molecule has 10 nitrogen and oxygen atoms in total. The topological polar surface area (TPSA) is 147 Å². The van der Waals surface area contributed by atoms with Crippen LogP contribution in [-0.2, 0) is 20.0 Å². The zero-order valence-electron chi connectivity index (χ0n) is 22.6. The fraction of sp³-hybridized carbons (Fsp3) is 0.103. The van der Waals surface area contributed by atoms with Crippen LogP contribution in [0.25, 0.3) is 22.0 Å². The van der Waals surface area contributed by atoms with Gasteiger partial charge in [-0.05, 0) is 61.5 Å². The first-order chi connectivity index (χ1) is 20.3. The summed E-state index contributed by atoms with van der Waals surface area (Å²) in [6.07, 6.45) is 2.31. The fourth-order valence-electron chi connectivity index (χ4n) is 4.93. The van der Waals surface area contributed by atoms with Crippen molar-refractivity contribution < 1.29 is 26.0 Å². The number of hydrogen-bond acceptors (Lipinski definition) is 6. The van der Waals surface area contributed by atoms with Crippen molar-refractivity contribution in [1.29, 1.82) is 0 Å². The summed E-state index contributed by atoms with van der Waals surface area (Å²) in [7, 11) is -8.31. The summed E-state index contributed by atoms with van der Waals surface area (Å²) in [4.78, 5) is 29.3. The summed E-state index contributed by atoms with van der Waals surface area (Å²) in [6.45, 7) is 1.64. The number of benzene rings is 3. The normalized spacial score (nSPS) is 12.7. The maximum Gasteiger partial charge on any atom is 0.282 e. The Bertz CT molecular complexity index is 2180. The van der Waals surface area contributed by atoms with Crippen LogP contribution in [0.3, 0.4) is 0 Å². The number of aromatic amines is 1. The molecule has 0 aliphatic heterocycles. The van der Waals surface area contributed by atoms with E-state index in [1.54, 1.807) is 31.2 Å². The van der Waals surface area contributed by atoms with E-state index in [0.29, 0.717) is 10.9 Å². The molecule has 0 aliphatic carbocycles. The molecule has 3 aromatic carbocycles. The van der Waals surface area contributed by atoms with Crippen LogP contribution in [-0.4, -0.2) is 38.5 Å². The standard InChI is InChI=1S/C29H24ClFN4O6S2/c1-17(21-9-3-4-11-24(21)31)35-25-13-12-18(30)15-23(25)26(22-10-6-14-32-28(22)36)27(35)29(37)34-43(40,41)20-8-5-7-19(16-20)33-42(2,38)39/h3-17,33H,1-2H3,(H,32,36)(H,34,37).